The van der Waals surface area contributed by atoms with Crippen LogP contribution in [0.3, 0.4) is 0 Å². The maximum atomic E-state index is 11.8. The van der Waals surface area contributed by atoms with E-state index in [9.17, 15) is 4.79 Å². The standard InChI is InChI=1S/C12H13BrO2/c13-8-6-12(7-9-15-11(12)14)10-4-2-1-3-5-10/h1-5H,6-9H2. The summed E-state index contributed by atoms with van der Waals surface area (Å²) in [6.45, 7) is 0.542. The van der Waals surface area contributed by atoms with Crippen molar-refractivity contribution in [3.05, 3.63) is 35.9 Å². The summed E-state index contributed by atoms with van der Waals surface area (Å²) in [6, 6.07) is 9.92. The SMILES string of the molecule is O=C1OCCC1(CCBr)c1ccccc1. The Labute approximate surface area is 97.8 Å². The Kier molecular flexibility index (Phi) is 3.10. The Bertz CT molecular complexity index is 350. The van der Waals surface area contributed by atoms with E-state index < -0.39 is 5.41 Å². The van der Waals surface area contributed by atoms with Gasteiger partial charge in [-0.05, 0) is 12.0 Å². The largest absolute Gasteiger partial charge is 0.465 e. The molecule has 0 saturated carbocycles. The van der Waals surface area contributed by atoms with Gasteiger partial charge >= 0.3 is 5.97 Å². The van der Waals surface area contributed by atoms with Crippen molar-refractivity contribution in [2.45, 2.75) is 18.3 Å². The van der Waals surface area contributed by atoms with E-state index in [-0.39, 0.29) is 5.97 Å². The van der Waals surface area contributed by atoms with Gasteiger partial charge in [0.1, 0.15) is 0 Å². The van der Waals surface area contributed by atoms with Gasteiger partial charge in [0.25, 0.3) is 0 Å². The first-order valence-electron chi connectivity index (χ1n) is 5.08. The number of carbonyl (C=O) groups is 1. The molecule has 0 aliphatic carbocycles. The molecule has 80 valence electrons. The second kappa shape index (κ2) is 4.35. The first-order chi connectivity index (χ1) is 7.29. The molecule has 2 rings (SSSR count). The Morgan fingerprint density at radius 3 is 2.60 bits per heavy atom. The zero-order valence-corrected chi connectivity index (χ0v) is 10.00. The first-order valence-corrected chi connectivity index (χ1v) is 6.20. The molecular weight excluding hydrogens is 256 g/mol. The lowest BCUT2D eigenvalue weighted by atomic mass is 9.77. The maximum Gasteiger partial charge on any atom is 0.316 e. The molecular formula is C12H13BrO2. The average Bonchev–Trinajstić information content (AvgIpc) is 2.63. The lowest BCUT2D eigenvalue weighted by Gasteiger charge is -2.24. The monoisotopic (exact) mass is 268 g/mol. The molecule has 3 heteroatoms. The summed E-state index contributed by atoms with van der Waals surface area (Å²) in [4.78, 5) is 11.8. The molecule has 0 bridgehead atoms. The van der Waals surface area contributed by atoms with Gasteiger partial charge in [-0.1, -0.05) is 46.3 Å². The normalized spacial score (nSPS) is 25.3. The van der Waals surface area contributed by atoms with E-state index in [4.69, 9.17) is 4.74 Å². The molecule has 1 aromatic carbocycles. The van der Waals surface area contributed by atoms with Gasteiger partial charge in [-0.2, -0.15) is 0 Å². The molecule has 1 aromatic rings. The molecule has 0 N–H and O–H groups in total. The van der Waals surface area contributed by atoms with Crippen molar-refractivity contribution in [2.24, 2.45) is 0 Å². The third-order valence-corrected chi connectivity index (χ3v) is 3.40. The first kappa shape index (κ1) is 10.7. The van der Waals surface area contributed by atoms with Crippen molar-refractivity contribution in [3.8, 4) is 0 Å². The second-order valence-corrected chi connectivity index (χ2v) is 4.57. The molecule has 2 nitrogen and oxygen atoms in total. The smallest absolute Gasteiger partial charge is 0.316 e. The molecule has 0 radical (unpaired) electrons. The molecule has 0 amide bonds. The van der Waals surface area contributed by atoms with Crippen LogP contribution in [0.15, 0.2) is 30.3 Å². The van der Waals surface area contributed by atoms with E-state index in [0.29, 0.717) is 6.61 Å². The molecule has 1 aliphatic rings. The lowest BCUT2D eigenvalue weighted by molar-refractivity contribution is -0.142. The number of benzene rings is 1. The Morgan fingerprint density at radius 2 is 2.07 bits per heavy atom. The van der Waals surface area contributed by atoms with Gasteiger partial charge in [0.2, 0.25) is 0 Å². The van der Waals surface area contributed by atoms with Crippen LogP contribution in [-0.4, -0.2) is 17.9 Å². The Hall–Kier alpha value is -0.830. The van der Waals surface area contributed by atoms with Crippen molar-refractivity contribution >= 4 is 21.9 Å². The van der Waals surface area contributed by atoms with E-state index in [1.54, 1.807) is 0 Å². The van der Waals surface area contributed by atoms with E-state index in [1.165, 1.54) is 0 Å². The van der Waals surface area contributed by atoms with Crippen LogP contribution in [0, 0.1) is 0 Å². The van der Waals surface area contributed by atoms with Gasteiger partial charge in [0.05, 0.1) is 12.0 Å². The average molecular weight is 269 g/mol. The molecule has 1 saturated heterocycles. The summed E-state index contributed by atoms with van der Waals surface area (Å²) < 4.78 is 5.12. The highest BCUT2D eigenvalue weighted by Gasteiger charge is 2.45. The lowest BCUT2D eigenvalue weighted by Crippen LogP contribution is -2.31. The third kappa shape index (κ3) is 1.81. The van der Waals surface area contributed by atoms with Gasteiger partial charge in [-0.3, -0.25) is 4.79 Å². The van der Waals surface area contributed by atoms with Crippen LogP contribution >= 0.6 is 15.9 Å². The fraction of sp³-hybridized carbons (Fsp3) is 0.417. The summed E-state index contributed by atoms with van der Waals surface area (Å²) in [5, 5.41) is 0.816. The van der Waals surface area contributed by atoms with Crippen LogP contribution < -0.4 is 0 Å². The van der Waals surface area contributed by atoms with Gasteiger partial charge in [-0.15, -0.1) is 0 Å². The van der Waals surface area contributed by atoms with Crippen LogP contribution in [-0.2, 0) is 14.9 Å². The predicted octanol–water partition coefficient (Wildman–Crippen LogP) is 2.66. The fourth-order valence-electron chi connectivity index (χ4n) is 2.11. The number of carbonyl (C=O) groups excluding carboxylic acids is 1. The topological polar surface area (TPSA) is 26.3 Å². The number of hydrogen-bond acceptors (Lipinski definition) is 2. The number of rotatable bonds is 3. The van der Waals surface area contributed by atoms with Crippen LogP contribution in [0.5, 0.6) is 0 Å². The summed E-state index contributed by atoms with van der Waals surface area (Å²) in [7, 11) is 0. The van der Waals surface area contributed by atoms with Crippen LogP contribution in [0.4, 0.5) is 0 Å². The predicted molar refractivity (Wildman–Crippen MR) is 62.1 cm³/mol. The number of ether oxygens (including phenoxy) is 1. The van der Waals surface area contributed by atoms with Crippen molar-refractivity contribution in [2.75, 3.05) is 11.9 Å². The number of halogens is 1. The minimum Gasteiger partial charge on any atom is -0.465 e. The van der Waals surface area contributed by atoms with E-state index in [2.05, 4.69) is 15.9 Å². The highest BCUT2D eigenvalue weighted by atomic mass is 79.9. The van der Waals surface area contributed by atoms with E-state index in [0.717, 1.165) is 23.7 Å². The molecule has 0 spiro atoms. The Morgan fingerprint density at radius 1 is 1.33 bits per heavy atom. The zero-order chi connectivity index (χ0) is 10.7. The number of cyclic esters (lactones) is 1. The minimum absolute atomic E-state index is 0.0758. The maximum absolute atomic E-state index is 11.8. The second-order valence-electron chi connectivity index (χ2n) is 3.77. The van der Waals surface area contributed by atoms with Gasteiger partial charge in [0, 0.05) is 11.8 Å². The van der Waals surface area contributed by atoms with Crippen molar-refractivity contribution in [1.82, 2.24) is 0 Å². The molecule has 0 aromatic heterocycles. The summed E-state index contributed by atoms with van der Waals surface area (Å²) in [6.07, 6.45) is 1.59. The molecule has 1 aliphatic heterocycles. The van der Waals surface area contributed by atoms with Crippen LogP contribution in [0.25, 0.3) is 0 Å². The number of hydrogen-bond donors (Lipinski definition) is 0. The summed E-state index contributed by atoms with van der Waals surface area (Å²) >= 11 is 3.41. The molecule has 1 heterocycles. The highest BCUT2D eigenvalue weighted by Crippen LogP contribution is 2.37. The zero-order valence-electron chi connectivity index (χ0n) is 8.41. The fourth-order valence-corrected chi connectivity index (χ4v) is 2.79. The summed E-state index contributed by atoms with van der Waals surface area (Å²) in [5.74, 6) is -0.0758. The highest BCUT2D eigenvalue weighted by molar-refractivity contribution is 9.09. The number of esters is 1. The molecule has 1 atom stereocenters. The third-order valence-electron chi connectivity index (χ3n) is 3.00. The molecule has 1 fully saturated rings. The molecule has 1 unspecified atom stereocenters. The van der Waals surface area contributed by atoms with Crippen LogP contribution in [0.2, 0.25) is 0 Å². The van der Waals surface area contributed by atoms with E-state index >= 15 is 0 Å². The van der Waals surface area contributed by atoms with Crippen molar-refractivity contribution in [1.29, 1.82) is 0 Å². The van der Waals surface area contributed by atoms with Gasteiger partial charge < -0.3 is 4.74 Å². The minimum atomic E-state index is -0.412. The van der Waals surface area contributed by atoms with Gasteiger partial charge in [-0.25, -0.2) is 0 Å². The van der Waals surface area contributed by atoms with Crippen LogP contribution in [0.1, 0.15) is 18.4 Å². The van der Waals surface area contributed by atoms with E-state index in [1.807, 2.05) is 30.3 Å². The quantitative estimate of drug-likeness (QED) is 0.623. The molecule has 15 heavy (non-hydrogen) atoms. The summed E-state index contributed by atoms with van der Waals surface area (Å²) in [5.41, 5.74) is 0.664. The Balaban J connectivity index is 2.39. The number of alkyl halides is 1. The van der Waals surface area contributed by atoms with Crippen molar-refractivity contribution in [3.63, 3.8) is 0 Å². The van der Waals surface area contributed by atoms with Gasteiger partial charge in [0.15, 0.2) is 0 Å². The van der Waals surface area contributed by atoms with Crippen molar-refractivity contribution < 1.29 is 9.53 Å².